The van der Waals surface area contributed by atoms with Gasteiger partial charge in [-0.1, -0.05) is 59.6 Å². The molecule has 4 aromatic rings. The average Bonchev–Trinajstić information content (AvgIpc) is 3.42. The highest BCUT2D eigenvalue weighted by atomic mass is 35.5. The third-order valence-corrected chi connectivity index (χ3v) is 6.71. The zero-order chi connectivity index (χ0) is 27.4. The van der Waals surface area contributed by atoms with Crippen molar-refractivity contribution in [3.8, 4) is 0 Å². The van der Waals surface area contributed by atoms with Crippen LogP contribution in [-0.4, -0.2) is 44.9 Å². The second-order valence-electron chi connectivity index (χ2n) is 10.1. The summed E-state index contributed by atoms with van der Waals surface area (Å²) >= 11 is 6.28. The van der Waals surface area contributed by atoms with Crippen molar-refractivity contribution in [2.24, 2.45) is 0 Å². The van der Waals surface area contributed by atoms with Crippen molar-refractivity contribution in [2.75, 3.05) is 18.5 Å². The van der Waals surface area contributed by atoms with E-state index in [4.69, 9.17) is 21.1 Å². The molecule has 1 unspecified atom stereocenters. The predicted molar refractivity (Wildman–Crippen MR) is 145 cm³/mol. The van der Waals surface area contributed by atoms with Crippen LogP contribution in [0.3, 0.4) is 0 Å². The largest absolute Gasteiger partial charge is 0.465 e. The molecule has 0 saturated heterocycles. The first-order valence-corrected chi connectivity index (χ1v) is 12.7. The average molecular weight is 538 g/mol. The van der Waals surface area contributed by atoms with E-state index in [9.17, 15) is 9.59 Å². The Morgan fingerprint density at radius 2 is 1.84 bits per heavy atom. The summed E-state index contributed by atoms with van der Waals surface area (Å²) in [4.78, 5) is 25.5. The molecule has 0 saturated carbocycles. The van der Waals surface area contributed by atoms with Crippen LogP contribution in [0.2, 0.25) is 5.02 Å². The number of hydrogen-bond acceptors (Lipinski definition) is 6. The van der Waals surface area contributed by atoms with Gasteiger partial charge in [0.15, 0.2) is 11.5 Å². The number of carbonyl (C=O) groups excluding carboxylic acids is 2. The Labute approximate surface area is 226 Å². The van der Waals surface area contributed by atoms with Gasteiger partial charge in [-0.05, 0) is 51.8 Å². The van der Waals surface area contributed by atoms with Crippen LogP contribution in [0.25, 0.3) is 5.65 Å². The molecule has 0 radical (unpaired) electrons. The molecule has 1 amide bonds. The van der Waals surface area contributed by atoms with Gasteiger partial charge in [0.25, 0.3) is 0 Å². The molecule has 9 nitrogen and oxygen atoms in total. The zero-order valence-electron chi connectivity index (χ0n) is 22.2. The van der Waals surface area contributed by atoms with E-state index < -0.39 is 17.5 Å². The molecule has 4 rings (SSSR count). The van der Waals surface area contributed by atoms with Crippen molar-refractivity contribution >= 4 is 34.8 Å². The smallest absolute Gasteiger partial charge is 0.308 e. The SMILES string of the molecule is Cc1ccc(NC(=O)COC(CC(=O)OCC(C)(C)c2nnc3c(Cl)c(C)[nH]n23)c2ccccc2)c(C)c1. The van der Waals surface area contributed by atoms with Crippen molar-refractivity contribution in [1.29, 1.82) is 0 Å². The molecule has 0 aliphatic carbocycles. The van der Waals surface area contributed by atoms with Crippen LogP contribution in [0, 0.1) is 20.8 Å². The molecule has 1 atom stereocenters. The number of nitrogens with one attached hydrogen (secondary N) is 2. The van der Waals surface area contributed by atoms with Crippen molar-refractivity contribution in [2.45, 2.75) is 52.6 Å². The third-order valence-electron chi connectivity index (χ3n) is 6.26. The fourth-order valence-electron chi connectivity index (χ4n) is 4.15. The molecule has 200 valence electrons. The maximum atomic E-state index is 12.9. The van der Waals surface area contributed by atoms with Crippen LogP contribution in [-0.2, 0) is 24.5 Å². The Bertz CT molecular complexity index is 1440. The number of aromatic amines is 1. The number of carbonyl (C=O) groups is 2. The lowest BCUT2D eigenvalue weighted by Gasteiger charge is -2.23. The fourth-order valence-corrected chi connectivity index (χ4v) is 4.31. The summed E-state index contributed by atoms with van der Waals surface area (Å²) in [7, 11) is 0. The Morgan fingerprint density at radius 3 is 2.55 bits per heavy atom. The van der Waals surface area contributed by atoms with E-state index in [1.54, 1.807) is 4.52 Å². The summed E-state index contributed by atoms with van der Waals surface area (Å²) in [5.74, 6) is -0.166. The number of benzene rings is 2. The van der Waals surface area contributed by atoms with E-state index in [1.807, 2.05) is 83.1 Å². The standard InChI is InChI=1S/C28H32ClN5O4/c1-17-11-12-21(18(2)13-17)30-23(35)15-37-22(20-9-7-6-8-10-20)14-24(36)38-16-28(4,5)27-32-31-26-25(29)19(3)33-34(26)27/h6-13,22,33H,14-16H2,1-5H3,(H,30,35). The molecule has 0 aliphatic rings. The van der Waals surface area contributed by atoms with Crippen LogP contribution in [0.4, 0.5) is 5.69 Å². The van der Waals surface area contributed by atoms with Crippen LogP contribution < -0.4 is 5.32 Å². The highest BCUT2D eigenvalue weighted by Gasteiger charge is 2.31. The number of fused-ring (bicyclic) bond motifs is 1. The molecule has 2 aromatic heterocycles. The highest BCUT2D eigenvalue weighted by Crippen LogP contribution is 2.28. The molecular weight excluding hydrogens is 506 g/mol. The van der Waals surface area contributed by atoms with E-state index in [-0.39, 0.29) is 25.5 Å². The van der Waals surface area contributed by atoms with Gasteiger partial charge < -0.3 is 14.8 Å². The van der Waals surface area contributed by atoms with E-state index in [0.717, 1.165) is 28.1 Å². The first-order chi connectivity index (χ1) is 18.0. The Balaban J connectivity index is 1.39. The molecular formula is C28H32ClN5O4. The number of rotatable bonds is 10. The lowest BCUT2D eigenvalue weighted by molar-refractivity contribution is -0.149. The quantitative estimate of drug-likeness (QED) is 0.267. The molecule has 0 spiro atoms. The van der Waals surface area contributed by atoms with Crippen molar-refractivity contribution in [3.63, 3.8) is 0 Å². The van der Waals surface area contributed by atoms with Gasteiger partial charge in [-0.25, -0.2) is 4.52 Å². The topological polar surface area (TPSA) is 111 Å². The van der Waals surface area contributed by atoms with Gasteiger partial charge in [0.2, 0.25) is 5.91 Å². The first-order valence-electron chi connectivity index (χ1n) is 12.3. The summed E-state index contributed by atoms with van der Waals surface area (Å²) in [6.45, 7) is 9.44. The highest BCUT2D eigenvalue weighted by molar-refractivity contribution is 6.34. The summed E-state index contributed by atoms with van der Waals surface area (Å²) in [5, 5.41) is 14.9. The summed E-state index contributed by atoms with van der Waals surface area (Å²) in [6.07, 6.45) is -0.707. The van der Waals surface area contributed by atoms with Crippen LogP contribution in [0.5, 0.6) is 0 Å². The predicted octanol–water partition coefficient (Wildman–Crippen LogP) is 5.24. The molecule has 2 N–H and O–H groups in total. The second-order valence-corrected chi connectivity index (χ2v) is 10.4. The number of nitrogens with zero attached hydrogens (tertiary/aromatic N) is 3. The Morgan fingerprint density at radius 1 is 1.11 bits per heavy atom. The molecule has 0 fully saturated rings. The number of aryl methyl sites for hydroxylation is 3. The minimum absolute atomic E-state index is 0.0559. The second kappa shape index (κ2) is 11.4. The lowest BCUT2D eigenvalue weighted by atomic mass is 9.94. The minimum Gasteiger partial charge on any atom is -0.465 e. The van der Waals surface area contributed by atoms with Crippen LogP contribution >= 0.6 is 11.6 Å². The number of H-pyrrole nitrogens is 1. The lowest BCUT2D eigenvalue weighted by Crippen LogP contribution is -2.30. The number of anilines is 1. The van der Waals surface area contributed by atoms with E-state index >= 15 is 0 Å². The molecule has 0 bridgehead atoms. The number of hydrogen-bond donors (Lipinski definition) is 2. The summed E-state index contributed by atoms with van der Waals surface area (Å²) in [6, 6.07) is 15.1. The Kier molecular flexibility index (Phi) is 8.18. The van der Waals surface area contributed by atoms with Gasteiger partial charge in [0.1, 0.15) is 18.2 Å². The van der Waals surface area contributed by atoms with Gasteiger partial charge in [-0.2, -0.15) is 0 Å². The van der Waals surface area contributed by atoms with Gasteiger partial charge in [-0.3, -0.25) is 14.7 Å². The number of halogens is 1. The van der Waals surface area contributed by atoms with Crippen LogP contribution in [0.1, 0.15) is 54.6 Å². The van der Waals surface area contributed by atoms with Crippen LogP contribution in [0.15, 0.2) is 48.5 Å². The number of amides is 1. The Hall–Kier alpha value is -3.69. The zero-order valence-corrected chi connectivity index (χ0v) is 22.9. The first kappa shape index (κ1) is 27.3. The normalized spacial score (nSPS) is 12.5. The minimum atomic E-state index is -0.652. The molecule has 10 heteroatoms. The molecule has 2 heterocycles. The summed E-state index contributed by atoms with van der Waals surface area (Å²) < 4.78 is 13.3. The monoisotopic (exact) mass is 537 g/mol. The number of ether oxygens (including phenoxy) is 2. The van der Waals surface area contributed by atoms with E-state index in [2.05, 4.69) is 20.6 Å². The van der Waals surface area contributed by atoms with Gasteiger partial charge >= 0.3 is 5.97 Å². The molecule has 2 aromatic carbocycles. The van der Waals surface area contributed by atoms with Gasteiger partial charge in [-0.15, -0.1) is 10.2 Å². The number of aromatic nitrogens is 4. The van der Waals surface area contributed by atoms with E-state index in [1.165, 1.54) is 0 Å². The van der Waals surface area contributed by atoms with Gasteiger partial charge in [0.05, 0.1) is 23.6 Å². The maximum absolute atomic E-state index is 12.9. The van der Waals surface area contributed by atoms with E-state index in [0.29, 0.717) is 16.5 Å². The van der Waals surface area contributed by atoms with Gasteiger partial charge in [0, 0.05) is 5.69 Å². The molecule has 38 heavy (non-hydrogen) atoms. The fraction of sp³-hybridized carbons (Fsp3) is 0.357. The van der Waals surface area contributed by atoms with Crippen molar-refractivity contribution in [1.82, 2.24) is 19.8 Å². The molecule has 0 aliphatic heterocycles. The van der Waals surface area contributed by atoms with Crippen molar-refractivity contribution in [3.05, 3.63) is 81.8 Å². The maximum Gasteiger partial charge on any atom is 0.308 e. The number of esters is 1. The van der Waals surface area contributed by atoms with Crippen molar-refractivity contribution < 1.29 is 19.1 Å². The summed E-state index contributed by atoms with van der Waals surface area (Å²) in [5.41, 5.74) is 4.23. The third kappa shape index (κ3) is 6.23.